The minimum Gasteiger partial charge on any atom is -0.381 e. The van der Waals surface area contributed by atoms with Gasteiger partial charge in [0.05, 0.1) is 16.0 Å². The van der Waals surface area contributed by atoms with Gasteiger partial charge in [0.2, 0.25) is 0 Å². The molecule has 1 aromatic rings. The molecule has 5 nitrogen and oxygen atoms in total. The number of nitrogens with one attached hydrogen (secondary N) is 1. The van der Waals surface area contributed by atoms with Crippen molar-refractivity contribution in [1.82, 2.24) is 0 Å². The van der Waals surface area contributed by atoms with Crippen LogP contribution in [0.1, 0.15) is 12.8 Å². The average Bonchev–Trinajstić information content (AvgIpc) is 2.34. The van der Waals surface area contributed by atoms with Gasteiger partial charge in [0.25, 0.3) is 5.69 Å². The van der Waals surface area contributed by atoms with E-state index in [4.69, 9.17) is 16.3 Å². The summed E-state index contributed by atoms with van der Waals surface area (Å²) in [5.41, 5.74) is -0.0540. The molecule has 0 aliphatic carbocycles. The minimum absolute atomic E-state index is 0.0824. The quantitative estimate of drug-likeness (QED) is 0.680. The number of nitrogens with zero attached hydrogens (tertiary/aromatic N) is 1. The van der Waals surface area contributed by atoms with Crippen molar-refractivity contribution < 1.29 is 14.1 Å². The molecule has 1 aliphatic heterocycles. The first-order valence-electron chi connectivity index (χ1n) is 5.55. The molecular formula is C11H12ClFN2O3. The predicted octanol–water partition coefficient (Wildman–Crippen LogP) is 2.98. The fraction of sp³-hybridized carbons (Fsp3) is 0.455. The molecule has 0 unspecified atom stereocenters. The molecule has 1 N–H and O–H groups in total. The number of halogens is 2. The summed E-state index contributed by atoms with van der Waals surface area (Å²) in [5, 5.41) is 13.8. The van der Waals surface area contributed by atoms with E-state index >= 15 is 0 Å². The molecule has 0 spiro atoms. The highest BCUT2D eigenvalue weighted by Crippen LogP contribution is 2.31. The Balaban J connectivity index is 2.24. The van der Waals surface area contributed by atoms with Crippen molar-refractivity contribution in [3.05, 3.63) is 33.1 Å². The van der Waals surface area contributed by atoms with Gasteiger partial charge < -0.3 is 10.1 Å². The first-order chi connectivity index (χ1) is 8.58. The fourth-order valence-corrected chi connectivity index (χ4v) is 2.03. The lowest BCUT2D eigenvalue weighted by molar-refractivity contribution is -0.384. The maximum absolute atomic E-state index is 13.2. The van der Waals surface area contributed by atoms with Crippen molar-refractivity contribution >= 4 is 23.0 Å². The average molecular weight is 275 g/mol. The number of nitro groups is 1. The number of hydrogen-bond acceptors (Lipinski definition) is 4. The Bertz CT molecular complexity index is 464. The van der Waals surface area contributed by atoms with E-state index in [9.17, 15) is 14.5 Å². The lowest BCUT2D eigenvalue weighted by atomic mass is 10.1. The number of ether oxygens (including phenoxy) is 1. The van der Waals surface area contributed by atoms with Crippen LogP contribution in [-0.4, -0.2) is 24.2 Å². The van der Waals surface area contributed by atoms with E-state index in [2.05, 4.69) is 5.32 Å². The Labute approximate surface area is 108 Å². The highest BCUT2D eigenvalue weighted by atomic mass is 35.5. The second kappa shape index (κ2) is 5.49. The summed E-state index contributed by atoms with van der Waals surface area (Å²) in [7, 11) is 0. The van der Waals surface area contributed by atoms with Crippen LogP contribution in [0.4, 0.5) is 15.8 Å². The first-order valence-corrected chi connectivity index (χ1v) is 5.93. The van der Waals surface area contributed by atoms with Gasteiger partial charge in [-0.15, -0.1) is 0 Å². The molecular weight excluding hydrogens is 263 g/mol. The Morgan fingerprint density at radius 2 is 2.11 bits per heavy atom. The van der Waals surface area contributed by atoms with E-state index in [1.807, 2.05) is 0 Å². The molecule has 1 fully saturated rings. The van der Waals surface area contributed by atoms with Gasteiger partial charge in [-0.3, -0.25) is 10.1 Å². The molecule has 1 saturated heterocycles. The van der Waals surface area contributed by atoms with Crippen LogP contribution in [0.5, 0.6) is 0 Å². The van der Waals surface area contributed by atoms with E-state index in [0.29, 0.717) is 13.2 Å². The molecule has 0 bridgehead atoms. The summed E-state index contributed by atoms with van der Waals surface area (Å²) in [6.07, 6.45) is 1.51. The van der Waals surface area contributed by atoms with Crippen LogP contribution >= 0.6 is 11.6 Å². The van der Waals surface area contributed by atoms with Gasteiger partial charge in [0, 0.05) is 19.3 Å². The summed E-state index contributed by atoms with van der Waals surface area (Å²) in [4.78, 5) is 10.2. The highest BCUT2D eigenvalue weighted by molar-refractivity contribution is 6.31. The first kappa shape index (κ1) is 13.0. The minimum atomic E-state index is -0.791. The van der Waals surface area contributed by atoms with Crippen LogP contribution in [0.2, 0.25) is 5.02 Å². The normalized spacial score (nSPS) is 16.6. The van der Waals surface area contributed by atoms with Crippen LogP contribution in [0.15, 0.2) is 12.1 Å². The SMILES string of the molecule is O=[N+]([O-])c1cc(F)c(Cl)cc1NC1CCOCC1. The van der Waals surface area contributed by atoms with E-state index < -0.39 is 10.7 Å². The summed E-state index contributed by atoms with van der Waals surface area (Å²) in [6.45, 7) is 1.22. The van der Waals surface area contributed by atoms with Gasteiger partial charge >= 0.3 is 0 Å². The molecule has 0 radical (unpaired) electrons. The van der Waals surface area contributed by atoms with Crippen LogP contribution in [0.25, 0.3) is 0 Å². The monoisotopic (exact) mass is 274 g/mol. The van der Waals surface area contributed by atoms with Crippen molar-refractivity contribution in [3.63, 3.8) is 0 Å². The molecule has 7 heteroatoms. The number of rotatable bonds is 3. The highest BCUT2D eigenvalue weighted by Gasteiger charge is 2.21. The zero-order valence-electron chi connectivity index (χ0n) is 9.49. The Morgan fingerprint density at radius 3 is 2.72 bits per heavy atom. The van der Waals surface area contributed by atoms with Crippen molar-refractivity contribution in [2.75, 3.05) is 18.5 Å². The third-order valence-corrected chi connectivity index (χ3v) is 3.11. The summed E-state index contributed by atoms with van der Waals surface area (Å²) in [5.74, 6) is -0.791. The second-order valence-electron chi connectivity index (χ2n) is 4.07. The predicted molar refractivity (Wildman–Crippen MR) is 65.5 cm³/mol. The molecule has 0 saturated carbocycles. The Kier molecular flexibility index (Phi) is 3.98. The maximum Gasteiger partial charge on any atom is 0.295 e. The molecule has 2 rings (SSSR count). The molecule has 18 heavy (non-hydrogen) atoms. The number of nitro benzene ring substituents is 1. The maximum atomic E-state index is 13.2. The van der Waals surface area contributed by atoms with E-state index in [0.717, 1.165) is 18.9 Å². The molecule has 1 aliphatic rings. The second-order valence-corrected chi connectivity index (χ2v) is 4.48. The summed E-state index contributed by atoms with van der Waals surface area (Å²) in [6, 6.07) is 2.17. The summed E-state index contributed by atoms with van der Waals surface area (Å²) < 4.78 is 18.4. The number of hydrogen-bond donors (Lipinski definition) is 1. The zero-order chi connectivity index (χ0) is 13.1. The van der Waals surface area contributed by atoms with Gasteiger partial charge in [-0.2, -0.15) is 0 Å². The lowest BCUT2D eigenvalue weighted by Gasteiger charge is -2.24. The third kappa shape index (κ3) is 2.88. The molecule has 0 aromatic heterocycles. The standard InChI is InChI=1S/C11H12ClFN2O3/c12-8-5-10(11(15(16)17)6-9(8)13)14-7-1-3-18-4-2-7/h5-7,14H,1-4H2. The van der Waals surface area contributed by atoms with E-state index in [1.165, 1.54) is 6.07 Å². The van der Waals surface area contributed by atoms with Gasteiger partial charge in [0.1, 0.15) is 11.5 Å². The molecule has 98 valence electrons. The molecule has 1 aromatic carbocycles. The topological polar surface area (TPSA) is 64.4 Å². The largest absolute Gasteiger partial charge is 0.381 e. The van der Waals surface area contributed by atoms with Gasteiger partial charge in [-0.05, 0) is 18.9 Å². The fourth-order valence-electron chi connectivity index (χ4n) is 1.86. The smallest absolute Gasteiger partial charge is 0.295 e. The van der Waals surface area contributed by atoms with Crippen molar-refractivity contribution in [1.29, 1.82) is 0 Å². The molecule has 0 atom stereocenters. The number of benzene rings is 1. The van der Waals surface area contributed by atoms with Crippen LogP contribution in [0, 0.1) is 15.9 Å². The zero-order valence-corrected chi connectivity index (χ0v) is 10.2. The third-order valence-electron chi connectivity index (χ3n) is 2.82. The Morgan fingerprint density at radius 1 is 1.44 bits per heavy atom. The molecule has 1 heterocycles. The van der Waals surface area contributed by atoms with Crippen LogP contribution in [0.3, 0.4) is 0 Å². The summed E-state index contributed by atoms with van der Waals surface area (Å²) >= 11 is 5.65. The van der Waals surface area contributed by atoms with Gasteiger partial charge in [-0.25, -0.2) is 4.39 Å². The van der Waals surface area contributed by atoms with Crippen LogP contribution < -0.4 is 5.32 Å². The number of anilines is 1. The van der Waals surface area contributed by atoms with E-state index in [-0.39, 0.29) is 22.4 Å². The Hall–Kier alpha value is -1.40. The van der Waals surface area contributed by atoms with E-state index in [1.54, 1.807) is 0 Å². The van der Waals surface area contributed by atoms with Crippen molar-refractivity contribution in [3.8, 4) is 0 Å². The van der Waals surface area contributed by atoms with Gasteiger partial charge in [0.15, 0.2) is 0 Å². The van der Waals surface area contributed by atoms with Crippen LogP contribution in [-0.2, 0) is 4.74 Å². The van der Waals surface area contributed by atoms with Gasteiger partial charge in [-0.1, -0.05) is 11.6 Å². The molecule has 0 amide bonds. The lowest BCUT2D eigenvalue weighted by Crippen LogP contribution is -2.28. The van der Waals surface area contributed by atoms with Crippen molar-refractivity contribution in [2.24, 2.45) is 0 Å². The van der Waals surface area contributed by atoms with Crippen molar-refractivity contribution in [2.45, 2.75) is 18.9 Å².